The van der Waals surface area contributed by atoms with Crippen LogP contribution in [0.3, 0.4) is 0 Å². The van der Waals surface area contributed by atoms with Gasteiger partial charge in [0, 0.05) is 57.0 Å². The summed E-state index contributed by atoms with van der Waals surface area (Å²) in [6.45, 7) is 6.01. The van der Waals surface area contributed by atoms with E-state index in [0.29, 0.717) is 50.7 Å². The first kappa shape index (κ1) is 22.2. The topological polar surface area (TPSA) is 70.2 Å². The Balaban J connectivity index is 1.43. The molecular weight excluding hydrogens is 447 g/mol. The summed E-state index contributed by atoms with van der Waals surface area (Å²) in [6, 6.07) is 12.3. The lowest BCUT2D eigenvalue weighted by atomic mass is 9.96. The van der Waals surface area contributed by atoms with Gasteiger partial charge in [-0.25, -0.2) is 19.0 Å². The van der Waals surface area contributed by atoms with Gasteiger partial charge in [0.25, 0.3) is 0 Å². The van der Waals surface area contributed by atoms with Crippen LogP contribution < -0.4 is 4.90 Å². The van der Waals surface area contributed by atoms with Gasteiger partial charge in [-0.15, -0.1) is 0 Å². The summed E-state index contributed by atoms with van der Waals surface area (Å²) in [6.07, 6.45) is 4.39. The van der Waals surface area contributed by atoms with Crippen molar-refractivity contribution in [3.05, 3.63) is 54.5 Å². The molecule has 5 heterocycles. The number of hydrogen-bond acceptors (Lipinski definition) is 6. The van der Waals surface area contributed by atoms with Crippen molar-refractivity contribution >= 4 is 16.9 Å². The van der Waals surface area contributed by atoms with Gasteiger partial charge in [-0.3, -0.25) is 0 Å². The van der Waals surface area contributed by atoms with Crippen LogP contribution in [0.2, 0.25) is 0 Å². The van der Waals surface area contributed by atoms with Crippen LogP contribution in [0, 0.1) is 6.92 Å². The molecule has 1 aromatic carbocycles. The number of alkyl halides is 1. The highest BCUT2D eigenvalue weighted by Gasteiger charge is 2.34. The zero-order valence-electron chi connectivity index (χ0n) is 19.9. The predicted octanol–water partition coefficient (Wildman–Crippen LogP) is 3.95. The van der Waals surface area contributed by atoms with Crippen LogP contribution in [0.4, 0.5) is 10.1 Å². The Morgan fingerprint density at radius 2 is 1.83 bits per heavy atom. The van der Waals surface area contributed by atoms with E-state index in [1.165, 1.54) is 5.56 Å². The molecule has 0 saturated carbocycles. The molecule has 2 aliphatic heterocycles. The summed E-state index contributed by atoms with van der Waals surface area (Å²) in [7, 11) is 0. The number of aromatic nitrogens is 5. The molecule has 2 aliphatic rings. The first-order valence-corrected chi connectivity index (χ1v) is 12.2. The van der Waals surface area contributed by atoms with E-state index in [0.717, 1.165) is 35.6 Å². The summed E-state index contributed by atoms with van der Waals surface area (Å²) in [5.74, 6) is 0.680. The smallest absolute Gasteiger partial charge is 0.164 e. The summed E-state index contributed by atoms with van der Waals surface area (Å²) in [5.41, 5.74) is 4.21. The summed E-state index contributed by atoms with van der Waals surface area (Å²) in [4.78, 5) is 11.9. The number of anilines is 1. The molecule has 0 aliphatic carbocycles. The van der Waals surface area contributed by atoms with Crippen molar-refractivity contribution in [2.24, 2.45) is 0 Å². The summed E-state index contributed by atoms with van der Waals surface area (Å²) in [5, 5.41) is 4.82. The molecule has 0 amide bonds. The van der Waals surface area contributed by atoms with E-state index in [9.17, 15) is 0 Å². The first-order valence-electron chi connectivity index (χ1n) is 12.2. The maximum absolute atomic E-state index is 15.6. The van der Waals surface area contributed by atoms with Gasteiger partial charge in [-0.05, 0) is 19.1 Å². The van der Waals surface area contributed by atoms with Gasteiger partial charge in [-0.1, -0.05) is 23.8 Å². The number of imidazole rings is 1. The number of benzene rings is 1. The van der Waals surface area contributed by atoms with E-state index in [4.69, 9.17) is 19.6 Å². The molecule has 0 atom stereocenters. The molecule has 0 N–H and O–H groups in total. The van der Waals surface area contributed by atoms with E-state index in [-0.39, 0.29) is 6.54 Å². The summed E-state index contributed by atoms with van der Waals surface area (Å²) >= 11 is 0. The first-order chi connectivity index (χ1) is 17.1. The van der Waals surface area contributed by atoms with Crippen molar-refractivity contribution in [1.82, 2.24) is 24.3 Å². The fourth-order valence-electron chi connectivity index (χ4n) is 4.89. The number of aryl methyl sites for hydroxylation is 1. The van der Waals surface area contributed by atoms with Gasteiger partial charge in [0.2, 0.25) is 0 Å². The lowest BCUT2D eigenvalue weighted by Gasteiger charge is -2.30. The van der Waals surface area contributed by atoms with Crippen molar-refractivity contribution in [2.75, 3.05) is 44.4 Å². The third kappa shape index (κ3) is 4.41. The van der Waals surface area contributed by atoms with E-state index in [2.05, 4.69) is 35.0 Å². The number of rotatable bonds is 5. The quantitative estimate of drug-likeness (QED) is 0.435. The number of fused-ring (bicyclic) bond motifs is 1. The van der Waals surface area contributed by atoms with Crippen LogP contribution in [0.5, 0.6) is 0 Å². The standard InChI is InChI=1S/C26H29FN6O2/c1-19-3-2-4-20(15-19)21-5-8-33(30-21)23-16-22(31-9-13-35-14-10-31)24-25(29-23)32(18-28-24)17-26(27)6-11-34-12-7-26/h2-5,8,15-16,18H,6-7,9-14,17H2,1H3. The second-order valence-corrected chi connectivity index (χ2v) is 9.42. The molecule has 35 heavy (non-hydrogen) atoms. The van der Waals surface area contributed by atoms with Crippen LogP contribution >= 0.6 is 0 Å². The molecular formula is C26H29FN6O2. The zero-order valence-corrected chi connectivity index (χ0v) is 19.9. The Morgan fingerprint density at radius 1 is 1.03 bits per heavy atom. The molecule has 3 aromatic heterocycles. The van der Waals surface area contributed by atoms with Gasteiger partial charge < -0.3 is 18.9 Å². The van der Waals surface area contributed by atoms with Crippen LogP contribution in [0.1, 0.15) is 18.4 Å². The predicted molar refractivity (Wildman–Crippen MR) is 132 cm³/mol. The molecule has 4 aromatic rings. The van der Waals surface area contributed by atoms with Gasteiger partial charge in [0.05, 0.1) is 37.5 Å². The maximum Gasteiger partial charge on any atom is 0.164 e. The fraction of sp³-hybridized carbons (Fsp3) is 0.423. The normalized spacial score (nSPS) is 18.3. The van der Waals surface area contributed by atoms with Gasteiger partial charge >= 0.3 is 0 Å². The second-order valence-electron chi connectivity index (χ2n) is 9.42. The van der Waals surface area contributed by atoms with Gasteiger partial charge in [0.15, 0.2) is 11.5 Å². The van der Waals surface area contributed by atoms with Gasteiger partial charge in [-0.2, -0.15) is 5.10 Å². The molecule has 8 nitrogen and oxygen atoms in total. The number of pyridine rings is 1. The van der Waals surface area contributed by atoms with Crippen LogP contribution in [0.15, 0.2) is 48.9 Å². The summed E-state index contributed by atoms with van der Waals surface area (Å²) < 4.78 is 30.2. The molecule has 0 unspecified atom stereocenters. The SMILES string of the molecule is Cc1cccc(-c2ccn(-c3cc(N4CCOCC4)c4ncn(CC5(F)CCOCC5)c4n3)n2)c1. The highest BCUT2D eigenvalue weighted by atomic mass is 19.1. The maximum atomic E-state index is 15.6. The van der Waals surface area contributed by atoms with Crippen LogP contribution in [-0.2, 0) is 16.0 Å². The Hall–Kier alpha value is -3.30. The Labute approximate surface area is 203 Å². The van der Waals surface area contributed by atoms with Crippen LogP contribution in [-0.4, -0.2) is 69.5 Å². The van der Waals surface area contributed by atoms with Crippen molar-refractivity contribution in [2.45, 2.75) is 32.0 Å². The number of ether oxygens (including phenoxy) is 2. The van der Waals surface area contributed by atoms with E-state index < -0.39 is 5.67 Å². The molecule has 182 valence electrons. The number of morpholine rings is 1. The van der Waals surface area contributed by atoms with E-state index >= 15 is 4.39 Å². The van der Waals surface area contributed by atoms with Crippen molar-refractivity contribution in [3.8, 4) is 17.1 Å². The third-order valence-corrected chi connectivity index (χ3v) is 6.87. The van der Waals surface area contributed by atoms with E-state index in [1.54, 1.807) is 11.0 Å². The average molecular weight is 477 g/mol. The molecule has 6 rings (SSSR count). The third-order valence-electron chi connectivity index (χ3n) is 6.87. The molecule has 0 spiro atoms. The van der Waals surface area contributed by atoms with E-state index in [1.807, 2.05) is 29.0 Å². The molecule has 2 saturated heterocycles. The monoisotopic (exact) mass is 476 g/mol. The van der Waals surface area contributed by atoms with Crippen molar-refractivity contribution in [3.63, 3.8) is 0 Å². The van der Waals surface area contributed by atoms with Crippen molar-refractivity contribution in [1.29, 1.82) is 0 Å². The Bertz CT molecular complexity index is 1340. The minimum atomic E-state index is -1.33. The average Bonchev–Trinajstić information content (AvgIpc) is 3.52. The number of halogens is 1. The minimum Gasteiger partial charge on any atom is -0.381 e. The largest absolute Gasteiger partial charge is 0.381 e. The second kappa shape index (κ2) is 9.05. The number of nitrogens with zero attached hydrogens (tertiary/aromatic N) is 6. The van der Waals surface area contributed by atoms with Crippen LogP contribution in [0.25, 0.3) is 28.2 Å². The lowest BCUT2D eigenvalue weighted by molar-refractivity contribution is -0.0172. The minimum absolute atomic E-state index is 0.208. The fourth-order valence-corrected chi connectivity index (χ4v) is 4.89. The Kier molecular flexibility index (Phi) is 5.74. The lowest BCUT2D eigenvalue weighted by Crippen LogP contribution is -2.36. The highest BCUT2D eigenvalue weighted by Crippen LogP contribution is 2.32. The van der Waals surface area contributed by atoms with Gasteiger partial charge in [0.1, 0.15) is 11.2 Å². The number of hydrogen-bond donors (Lipinski definition) is 0. The molecule has 2 fully saturated rings. The zero-order chi connectivity index (χ0) is 23.8. The van der Waals surface area contributed by atoms with Crippen molar-refractivity contribution < 1.29 is 13.9 Å². The molecule has 9 heteroatoms. The molecule has 0 bridgehead atoms. The Morgan fingerprint density at radius 3 is 2.63 bits per heavy atom. The molecule has 0 radical (unpaired) electrons. The highest BCUT2D eigenvalue weighted by molar-refractivity contribution is 5.87.